The Morgan fingerprint density at radius 3 is 2.70 bits per heavy atom. The number of anilines is 2. The van der Waals surface area contributed by atoms with Crippen molar-refractivity contribution in [3.63, 3.8) is 0 Å². The molecule has 0 aliphatic carbocycles. The standard InChI is InChI=1S/C18H20N4O/c1-22(17-9-3-2-4-10-17)12-6-11-20-18(23)21-16-8-5-7-15(13-16)14-19/h2-5,7-10,13H,6,11-12H2,1H3,(H2,20,21,23). The lowest BCUT2D eigenvalue weighted by Gasteiger charge is -2.19. The molecular formula is C18H20N4O. The molecule has 0 atom stereocenters. The maximum atomic E-state index is 11.8. The highest BCUT2D eigenvalue weighted by atomic mass is 16.2. The number of hydrogen-bond donors (Lipinski definition) is 2. The van der Waals surface area contributed by atoms with Gasteiger partial charge < -0.3 is 15.5 Å². The van der Waals surface area contributed by atoms with Gasteiger partial charge in [-0.15, -0.1) is 0 Å². The van der Waals surface area contributed by atoms with E-state index >= 15 is 0 Å². The first-order valence-corrected chi connectivity index (χ1v) is 7.50. The fraction of sp³-hybridized carbons (Fsp3) is 0.222. The first kappa shape index (κ1) is 16.4. The molecule has 0 heterocycles. The molecule has 0 aliphatic rings. The van der Waals surface area contributed by atoms with Crippen LogP contribution in [0.2, 0.25) is 0 Å². The fourth-order valence-electron chi connectivity index (χ4n) is 2.17. The second-order valence-corrected chi connectivity index (χ2v) is 5.18. The summed E-state index contributed by atoms with van der Waals surface area (Å²) in [5.41, 5.74) is 2.29. The molecule has 0 bridgehead atoms. The minimum absolute atomic E-state index is 0.262. The lowest BCUT2D eigenvalue weighted by atomic mass is 10.2. The van der Waals surface area contributed by atoms with E-state index in [1.165, 1.54) is 0 Å². The number of rotatable bonds is 6. The molecule has 2 rings (SSSR count). The van der Waals surface area contributed by atoms with Crippen LogP contribution in [0.5, 0.6) is 0 Å². The van der Waals surface area contributed by atoms with Crippen LogP contribution in [0.4, 0.5) is 16.2 Å². The summed E-state index contributed by atoms with van der Waals surface area (Å²) in [5, 5.41) is 14.4. The maximum absolute atomic E-state index is 11.8. The van der Waals surface area contributed by atoms with Gasteiger partial charge in [0.2, 0.25) is 0 Å². The molecular weight excluding hydrogens is 288 g/mol. The number of nitrogens with zero attached hydrogens (tertiary/aromatic N) is 2. The van der Waals surface area contributed by atoms with Gasteiger partial charge in [0, 0.05) is 31.5 Å². The molecule has 2 N–H and O–H groups in total. The van der Waals surface area contributed by atoms with Gasteiger partial charge in [-0.05, 0) is 36.8 Å². The molecule has 0 radical (unpaired) electrons. The van der Waals surface area contributed by atoms with Crippen LogP contribution in [0, 0.1) is 11.3 Å². The Morgan fingerprint density at radius 2 is 1.96 bits per heavy atom. The largest absolute Gasteiger partial charge is 0.375 e. The Morgan fingerprint density at radius 1 is 1.17 bits per heavy atom. The van der Waals surface area contributed by atoms with Crippen molar-refractivity contribution in [2.24, 2.45) is 0 Å². The summed E-state index contributed by atoms with van der Waals surface area (Å²) in [6, 6.07) is 18.7. The van der Waals surface area contributed by atoms with E-state index in [9.17, 15) is 4.79 Å². The van der Waals surface area contributed by atoms with Crippen molar-refractivity contribution >= 4 is 17.4 Å². The molecule has 5 heteroatoms. The Balaban J connectivity index is 1.70. The molecule has 0 saturated carbocycles. The second kappa shape index (κ2) is 8.44. The average Bonchev–Trinajstić information content (AvgIpc) is 2.59. The quantitative estimate of drug-likeness (QED) is 0.805. The van der Waals surface area contributed by atoms with Crippen LogP contribution in [-0.4, -0.2) is 26.2 Å². The number of hydrogen-bond acceptors (Lipinski definition) is 3. The van der Waals surface area contributed by atoms with E-state index in [0.29, 0.717) is 17.8 Å². The summed E-state index contributed by atoms with van der Waals surface area (Å²) in [6.45, 7) is 1.44. The number of amides is 2. The minimum atomic E-state index is -0.262. The number of benzene rings is 2. The van der Waals surface area contributed by atoms with Crippen LogP contribution in [-0.2, 0) is 0 Å². The number of carbonyl (C=O) groups is 1. The molecule has 0 aliphatic heterocycles. The third-order valence-electron chi connectivity index (χ3n) is 3.40. The minimum Gasteiger partial charge on any atom is -0.375 e. The average molecular weight is 308 g/mol. The number of para-hydroxylation sites is 1. The zero-order valence-corrected chi connectivity index (χ0v) is 13.1. The highest BCUT2D eigenvalue weighted by molar-refractivity contribution is 5.89. The molecule has 0 saturated heterocycles. The van der Waals surface area contributed by atoms with Gasteiger partial charge in [-0.25, -0.2) is 4.79 Å². The van der Waals surface area contributed by atoms with E-state index < -0.39 is 0 Å². The van der Waals surface area contributed by atoms with E-state index in [-0.39, 0.29) is 6.03 Å². The third-order valence-corrected chi connectivity index (χ3v) is 3.40. The van der Waals surface area contributed by atoms with Crippen molar-refractivity contribution in [3.8, 4) is 6.07 Å². The summed E-state index contributed by atoms with van der Waals surface area (Å²) >= 11 is 0. The molecule has 0 unspecified atom stereocenters. The second-order valence-electron chi connectivity index (χ2n) is 5.18. The number of nitrogens with one attached hydrogen (secondary N) is 2. The third kappa shape index (κ3) is 5.36. The van der Waals surface area contributed by atoms with Crippen LogP contribution in [0.25, 0.3) is 0 Å². The van der Waals surface area contributed by atoms with E-state index in [2.05, 4.69) is 27.7 Å². The zero-order chi connectivity index (χ0) is 16.5. The fourth-order valence-corrected chi connectivity index (χ4v) is 2.17. The monoisotopic (exact) mass is 308 g/mol. The maximum Gasteiger partial charge on any atom is 0.319 e. The van der Waals surface area contributed by atoms with E-state index in [1.54, 1.807) is 24.3 Å². The molecule has 0 spiro atoms. The lowest BCUT2D eigenvalue weighted by molar-refractivity contribution is 0.252. The van der Waals surface area contributed by atoms with Gasteiger partial charge in [0.05, 0.1) is 11.6 Å². The Kier molecular flexibility index (Phi) is 6.01. The van der Waals surface area contributed by atoms with Crippen molar-refractivity contribution < 1.29 is 4.79 Å². The first-order valence-electron chi connectivity index (χ1n) is 7.50. The van der Waals surface area contributed by atoms with Crippen molar-refractivity contribution in [1.82, 2.24) is 5.32 Å². The summed E-state index contributed by atoms with van der Waals surface area (Å²) in [6.07, 6.45) is 0.844. The predicted octanol–water partition coefficient (Wildman–Crippen LogP) is 3.21. The summed E-state index contributed by atoms with van der Waals surface area (Å²) < 4.78 is 0. The summed E-state index contributed by atoms with van der Waals surface area (Å²) in [5.74, 6) is 0. The van der Waals surface area contributed by atoms with E-state index in [0.717, 1.165) is 18.7 Å². The number of urea groups is 1. The van der Waals surface area contributed by atoms with Gasteiger partial charge in [-0.2, -0.15) is 5.26 Å². The van der Waals surface area contributed by atoms with Gasteiger partial charge >= 0.3 is 6.03 Å². The topological polar surface area (TPSA) is 68.2 Å². The van der Waals surface area contributed by atoms with Crippen LogP contribution < -0.4 is 15.5 Å². The lowest BCUT2D eigenvalue weighted by Crippen LogP contribution is -2.31. The van der Waals surface area contributed by atoms with Crippen LogP contribution in [0.1, 0.15) is 12.0 Å². The van der Waals surface area contributed by atoms with Crippen molar-refractivity contribution in [2.75, 3.05) is 30.4 Å². The molecule has 2 amide bonds. The van der Waals surface area contributed by atoms with Crippen molar-refractivity contribution in [3.05, 3.63) is 60.2 Å². The Labute approximate surface area is 136 Å². The van der Waals surface area contributed by atoms with E-state index in [1.807, 2.05) is 31.3 Å². The SMILES string of the molecule is CN(CCCNC(=O)Nc1cccc(C#N)c1)c1ccccc1. The molecule has 23 heavy (non-hydrogen) atoms. The smallest absolute Gasteiger partial charge is 0.319 e. The molecule has 2 aromatic rings. The van der Waals surface area contributed by atoms with Gasteiger partial charge in [0.15, 0.2) is 0 Å². The molecule has 118 valence electrons. The van der Waals surface area contributed by atoms with Gasteiger partial charge in [-0.1, -0.05) is 24.3 Å². The number of carbonyl (C=O) groups excluding carboxylic acids is 1. The van der Waals surface area contributed by atoms with Gasteiger partial charge in [0.1, 0.15) is 0 Å². The van der Waals surface area contributed by atoms with Crippen LogP contribution in [0.3, 0.4) is 0 Å². The highest BCUT2D eigenvalue weighted by Gasteiger charge is 2.03. The van der Waals surface area contributed by atoms with E-state index in [4.69, 9.17) is 5.26 Å². The molecule has 2 aromatic carbocycles. The first-order chi connectivity index (χ1) is 11.2. The number of nitriles is 1. The predicted molar refractivity (Wildman–Crippen MR) is 92.5 cm³/mol. The zero-order valence-electron chi connectivity index (χ0n) is 13.1. The van der Waals surface area contributed by atoms with Crippen molar-refractivity contribution in [2.45, 2.75) is 6.42 Å². The normalized spacial score (nSPS) is 9.74. The van der Waals surface area contributed by atoms with Crippen LogP contribution in [0.15, 0.2) is 54.6 Å². The van der Waals surface area contributed by atoms with Gasteiger partial charge in [-0.3, -0.25) is 0 Å². The molecule has 0 aromatic heterocycles. The van der Waals surface area contributed by atoms with Crippen LogP contribution >= 0.6 is 0 Å². The Hall–Kier alpha value is -3.00. The van der Waals surface area contributed by atoms with Crippen molar-refractivity contribution in [1.29, 1.82) is 5.26 Å². The Bertz CT molecular complexity index is 679. The molecule has 5 nitrogen and oxygen atoms in total. The summed E-state index contributed by atoms with van der Waals surface area (Å²) in [4.78, 5) is 14.0. The summed E-state index contributed by atoms with van der Waals surface area (Å²) in [7, 11) is 2.03. The molecule has 0 fully saturated rings. The van der Waals surface area contributed by atoms with Gasteiger partial charge in [0.25, 0.3) is 0 Å². The highest BCUT2D eigenvalue weighted by Crippen LogP contribution is 2.11.